The summed E-state index contributed by atoms with van der Waals surface area (Å²) >= 11 is 0. The first kappa shape index (κ1) is 15.2. The Balaban J connectivity index is 3.12. The van der Waals surface area contributed by atoms with Crippen LogP contribution in [0.1, 0.15) is 38.8 Å². The molecule has 4 nitrogen and oxygen atoms in total. The zero-order valence-electron chi connectivity index (χ0n) is 11.9. The minimum Gasteiger partial charge on any atom is -0.480 e. The monoisotopic (exact) mass is 263 g/mol. The number of amides is 1. The number of carbonyl (C=O) groups is 2. The van der Waals surface area contributed by atoms with E-state index in [9.17, 15) is 9.59 Å². The fraction of sp³-hybridized carbons (Fsp3) is 0.467. The summed E-state index contributed by atoms with van der Waals surface area (Å²) in [6.45, 7) is 6.83. The predicted octanol–water partition coefficient (Wildman–Crippen LogP) is 2.86. The number of anilines is 1. The molecule has 0 atom stereocenters. The molecule has 0 saturated heterocycles. The molecule has 0 saturated carbocycles. The summed E-state index contributed by atoms with van der Waals surface area (Å²) in [5, 5.41) is 11.9. The van der Waals surface area contributed by atoms with E-state index in [0.29, 0.717) is 0 Å². The molecule has 104 valence electrons. The summed E-state index contributed by atoms with van der Waals surface area (Å²) in [7, 11) is 0. The van der Waals surface area contributed by atoms with Crippen molar-refractivity contribution >= 4 is 17.6 Å². The molecule has 0 bridgehead atoms. The average Bonchev–Trinajstić information content (AvgIpc) is 2.38. The Bertz CT molecular complexity index is 470. The van der Waals surface area contributed by atoms with Crippen LogP contribution in [0.2, 0.25) is 0 Å². The number of para-hydroxylation sites is 1. The molecule has 19 heavy (non-hydrogen) atoms. The smallest absolute Gasteiger partial charge is 0.318 e. The highest BCUT2D eigenvalue weighted by Gasteiger charge is 2.36. The number of aryl methyl sites for hydroxylation is 2. The van der Waals surface area contributed by atoms with Gasteiger partial charge < -0.3 is 10.4 Å². The third-order valence-corrected chi connectivity index (χ3v) is 3.34. The molecule has 0 unspecified atom stereocenters. The molecule has 0 aliphatic rings. The summed E-state index contributed by atoms with van der Waals surface area (Å²) in [6.07, 6.45) is 1.58. The van der Waals surface area contributed by atoms with E-state index in [1.54, 1.807) is 0 Å². The van der Waals surface area contributed by atoms with Crippen LogP contribution in [0.5, 0.6) is 0 Å². The molecule has 1 amide bonds. The number of rotatable bonds is 5. The second-order valence-electron chi connectivity index (χ2n) is 5.04. The van der Waals surface area contributed by atoms with E-state index in [2.05, 4.69) is 5.32 Å². The minimum atomic E-state index is -1.44. The van der Waals surface area contributed by atoms with Crippen LogP contribution in [-0.2, 0) is 22.4 Å². The third kappa shape index (κ3) is 3.13. The molecule has 1 rings (SSSR count). The number of carboxylic acid groups (broad SMARTS) is 1. The van der Waals surface area contributed by atoms with Gasteiger partial charge in [0.2, 0.25) is 5.91 Å². The highest BCUT2D eigenvalue weighted by atomic mass is 16.4. The van der Waals surface area contributed by atoms with Crippen LogP contribution in [0.25, 0.3) is 0 Å². The third-order valence-electron chi connectivity index (χ3n) is 3.34. The van der Waals surface area contributed by atoms with E-state index in [4.69, 9.17) is 5.11 Å². The molecule has 0 aliphatic carbocycles. The van der Waals surface area contributed by atoms with Gasteiger partial charge in [-0.15, -0.1) is 0 Å². The van der Waals surface area contributed by atoms with E-state index in [1.807, 2.05) is 32.0 Å². The van der Waals surface area contributed by atoms with Crippen LogP contribution in [-0.4, -0.2) is 17.0 Å². The van der Waals surface area contributed by atoms with Crippen LogP contribution in [0.15, 0.2) is 18.2 Å². The number of carboxylic acids is 1. The van der Waals surface area contributed by atoms with Crippen LogP contribution in [0.3, 0.4) is 0 Å². The molecule has 0 aromatic heterocycles. The summed E-state index contributed by atoms with van der Waals surface area (Å²) in [5.74, 6) is -1.62. The van der Waals surface area contributed by atoms with Crippen molar-refractivity contribution in [1.82, 2.24) is 0 Å². The van der Waals surface area contributed by atoms with Crippen molar-refractivity contribution in [3.8, 4) is 0 Å². The van der Waals surface area contributed by atoms with Crippen molar-refractivity contribution in [2.45, 2.75) is 40.5 Å². The number of hydrogen-bond donors (Lipinski definition) is 2. The van der Waals surface area contributed by atoms with Crippen molar-refractivity contribution < 1.29 is 14.7 Å². The molecule has 0 heterocycles. The summed E-state index contributed by atoms with van der Waals surface area (Å²) in [4.78, 5) is 23.2. The molecule has 4 heteroatoms. The SMILES string of the molecule is CCc1cccc(CC)c1NC(=O)C(C)(C)C(=O)O. The predicted molar refractivity (Wildman–Crippen MR) is 75.2 cm³/mol. The Morgan fingerprint density at radius 2 is 1.63 bits per heavy atom. The number of aliphatic carboxylic acids is 1. The van der Waals surface area contributed by atoms with Gasteiger partial charge in [-0.05, 0) is 37.8 Å². The van der Waals surface area contributed by atoms with E-state index in [-0.39, 0.29) is 0 Å². The highest BCUT2D eigenvalue weighted by molar-refractivity contribution is 6.08. The van der Waals surface area contributed by atoms with E-state index >= 15 is 0 Å². The summed E-state index contributed by atoms with van der Waals surface area (Å²) in [6, 6.07) is 5.85. The normalized spacial score (nSPS) is 11.2. The maximum atomic E-state index is 12.1. The van der Waals surface area contributed by atoms with E-state index < -0.39 is 17.3 Å². The molecule has 1 aromatic rings. The lowest BCUT2D eigenvalue weighted by molar-refractivity contribution is -0.151. The average molecular weight is 263 g/mol. The zero-order chi connectivity index (χ0) is 14.6. The van der Waals surface area contributed by atoms with Gasteiger partial charge in [-0.25, -0.2) is 0 Å². The first-order valence-corrected chi connectivity index (χ1v) is 6.50. The largest absolute Gasteiger partial charge is 0.480 e. The number of benzene rings is 1. The van der Waals surface area contributed by atoms with Gasteiger partial charge in [0, 0.05) is 5.69 Å². The van der Waals surface area contributed by atoms with Crippen molar-refractivity contribution in [3.05, 3.63) is 29.3 Å². The summed E-state index contributed by atoms with van der Waals surface area (Å²) in [5.41, 5.74) is 1.36. The standard InChI is InChI=1S/C15H21NO3/c1-5-10-8-7-9-11(6-2)12(10)16-13(17)15(3,4)14(18)19/h7-9H,5-6H2,1-4H3,(H,16,17)(H,18,19). The summed E-state index contributed by atoms with van der Waals surface area (Å²) < 4.78 is 0. The van der Waals surface area contributed by atoms with Gasteiger partial charge in [0.15, 0.2) is 0 Å². The molecular formula is C15H21NO3. The Labute approximate surface area is 113 Å². The Morgan fingerprint density at radius 1 is 1.16 bits per heavy atom. The van der Waals surface area contributed by atoms with Gasteiger partial charge in [-0.2, -0.15) is 0 Å². The van der Waals surface area contributed by atoms with Gasteiger partial charge in [-0.3, -0.25) is 9.59 Å². The number of hydrogen-bond acceptors (Lipinski definition) is 2. The molecule has 0 spiro atoms. The van der Waals surface area contributed by atoms with Gasteiger partial charge in [0.1, 0.15) is 5.41 Å². The Morgan fingerprint density at radius 3 is 2.00 bits per heavy atom. The van der Waals surface area contributed by atoms with E-state index in [1.165, 1.54) is 13.8 Å². The molecule has 1 aromatic carbocycles. The van der Waals surface area contributed by atoms with Crippen LogP contribution >= 0.6 is 0 Å². The number of nitrogens with one attached hydrogen (secondary N) is 1. The highest BCUT2D eigenvalue weighted by Crippen LogP contribution is 2.25. The lowest BCUT2D eigenvalue weighted by Crippen LogP contribution is -2.38. The first-order valence-electron chi connectivity index (χ1n) is 6.50. The van der Waals surface area contributed by atoms with Gasteiger partial charge >= 0.3 is 5.97 Å². The van der Waals surface area contributed by atoms with Crippen molar-refractivity contribution in [2.24, 2.45) is 5.41 Å². The molecular weight excluding hydrogens is 242 g/mol. The van der Waals surface area contributed by atoms with Gasteiger partial charge in [0.05, 0.1) is 0 Å². The van der Waals surface area contributed by atoms with Crippen LogP contribution in [0, 0.1) is 5.41 Å². The lowest BCUT2D eigenvalue weighted by atomic mass is 9.92. The second-order valence-corrected chi connectivity index (χ2v) is 5.04. The quantitative estimate of drug-likeness (QED) is 0.803. The molecule has 2 N–H and O–H groups in total. The minimum absolute atomic E-state index is 0.490. The van der Waals surface area contributed by atoms with Crippen molar-refractivity contribution in [3.63, 3.8) is 0 Å². The fourth-order valence-corrected chi connectivity index (χ4v) is 1.77. The van der Waals surface area contributed by atoms with E-state index in [0.717, 1.165) is 29.7 Å². The lowest BCUT2D eigenvalue weighted by Gasteiger charge is -2.21. The van der Waals surface area contributed by atoms with Crippen LogP contribution in [0.4, 0.5) is 5.69 Å². The van der Waals surface area contributed by atoms with Gasteiger partial charge in [0.25, 0.3) is 0 Å². The van der Waals surface area contributed by atoms with Crippen molar-refractivity contribution in [2.75, 3.05) is 5.32 Å². The Hall–Kier alpha value is -1.84. The Kier molecular flexibility index (Phi) is 4.70. The molecule has 0 radical (unpaired) electrons. The first-order chi connectivity index (χ1) is 8.84. The van der Waals surface area contributed by atoms with Crippen molar-refractivity contribution in [1.29, 1.82) is 0 Å². The maximum absolute atomic E-state index is 12.1. The fourth-order valence-electron chi connectivity index (χ4n) is 1.77. The molecule has 0 aliphatic heterocycles. The second kappa shape index (κ2) is 5.87. The van der Waals surface area contributed by atoms with Gasteiger partial charge in [-0.1, -0.05) is 32.0 Å². The zero-order valence-corrected chi connectivity index (χ0v) is 11.9. The number of carbonyl (C=O) groups excluding carboxylic acids is 1. The maximum Gasteiger partial charge on any atom is 0.318 e. The molecule has 0 fully saturated rings. The topological polar surface area (TPSA) is 66.4 Å². The van der Waals surface area contributed by atoms with Crippen LogP contribution < -0.4 is 5.32 Å².